The van der Waals surface area contributed by atoms with E-state index in [2.05, 4.69) is 43.0 Å². The zero-order valence-electron chi connectivity index (χ0n) is 21.9. The number of Topliss-reactive ketones (excluding diaryl/α,β-unsaturated/α-hetero) is 1. The lowest BCUT2D eigenvalue weighted by Gasteiger charge is -2.39. The molecule has 0 unspecified atom stereocenters. The van der Waals surface area contributed by atoms with Crippen LogP contribution in [-0.4, -0.2) is 30.5 Å². The number of nitrogens with zero attached hydrogens (tertiary/aromatic N) is 3. The van der Waals surface area contributed by atoms with E-state index in [1.807, 2.05) is 66.4 Å². The molecule has 0 saturated heterocycles. The molecule has 5 nitrogen and oxygen atoms in total. The van der Waals surface area contributed by atoms with E-state index in [0.29, 0.717) is 19.3 Å². The van der Waals surface area contributed by atoms with Crippen molar-refractivity contribution in [3.8, 4) is 0 Å². The lowest BCUT2D eigenvalue weighted by Crippen LogP contribution is -2.45. The van der Waals surface area contributed by atoms with Crippen molar-refractivity contribution in [2.45, 2.75) is 52.0 Å². The van der Waals surface area contributed by atoms with Crippen LogP contribution in [0, 0.1) is 5.92 Å². The highest BCUT2D eigenvalue weighted by Gasteiger charge is 2.45. The summed E-state index contributed by atoms with van der Waals surface area (Å²) < 4.78 is 0. The number of anilines is 2. The molecule has 3 aromatic rings. The molecule has 1 heterocycles. The van der Waals surface area contributed by atoms with Gasteiger partial charge < -0.3 is 9.80 Å². The Kier molecular flexibility index (Phi) is 7.22. The fourth-order valence-corrected chi connectivity index (χ4v) is 5.93. The second kappa shape index (κ2) is 10.7. The summed E-state index contributed by atoms with van der Waals surface area (Å²) in [5.41, 5.74) is 5.75. The molecule has 190 valence electrons. The molecular weight excluding hydrogens is 458 g/mol. The summed E-state index contributed by atoms with van der Waals surface area (Å²) in [6, 6.07) is 26.0. The molecule has 3 aromatic carbocycles. The third kappa shape index (κ3) is 4.71. The van der Waals surface area contributed by atoms with E-state index < -0.39 is 12.0 Å². The first kappa shape index (κ1) is 24.9. The number of benzene rings is 3. The van der Waals surface area contributed by atoms with Crippen molar-refractivity contribution in [1.29, 1.82) is 0 Å². The molecule has 0 radical (unpaired) electrons. The Morgan fingerprint density at radius 1 is 0.865 bits per heavy atom. The minimum absolute atomic E-state index is 0.000308. The third-order valence-corrected chi connectivity index (χ3v) is 7.81. The smallest absolute Gasteiger partial charge is 0.227 e. The van der Waals surface area contributed by atoms with E-state index in [-0.39, 0.29) is 17.6 Å². The highest BCUT2D eigenvalue weighted by atomic mass is 16.2. The maximum absolute atomic E-state index is 14.0. The van der Waals surface area contributed by atoms with Crippen LogP contribution in [0.25, 0.3) is 0 Å². The van der Waals surface area contributed by atoms with Crippen molar-refractivity contribution in [2.24, 2.45) is 10.9 Å². The van der Waals surface area contributed by atoms with Crippen molar-refractivity contribution in [3.05, 3.63) is 90.0 Å². The minimum Gasteiger partial charge on any atom is -0.372 e. The number of carbonyl (C=O) groups excluding carboxylic acids is 2. The highest BCUT2D eigenvalue weighted by molar-refractivity contribution is 6.13. The molecule has 2 aliphatic rings. The Hall–Kier alpha value is -3.73. The van der Waals surface area contributed by atoms with Gasteiger partial charge in [-0.1, -0.05) is 61.5 Å². The molecular formula is C32H35N3O2. The number of rotatable bonds is 6. The first-order chi connectivity index (χ1) is 18.0. The van der Waals surface area contributed by atoms with Gasteiger partial charge in [-0.25, -0.2) is 0 Å². The Morgan fingerprint density at radius 2 is 1.54 bits per heavy atom. The first-order valence-electron chi connectivity index (χ1n) is 13.5. The van der Waals surface area contributed by atoms with Crippen molar-refractivity contribution in [2.75, 3.05) is 22.9 Å². The summed E-state index contributed by atoms with van der Waals surface area (Å²) in [6.45, 7) is 8.12. The first-order valence-corrected chi connectivity index (χ1v) is 13.5. The fraction of sp³-hybridized carbons (Fsp3) is 0.344. The van der Waals surface area contributed by atoms with E-state index >= 15 is 0 Å². The predicted molar refractivity (Wildman–Crippen MR) is 151 cm³/mol. The summed E-state index contributed by atoms with van der Waals surface area (Å²) in [5, 5.41) is 0. The van der Waals surface area contributed by atoms with Crippen LogP contribution in [0.5, 0.6) is 0 Å². The SMILES string of the molecule is CCC(=O)N1c2ccccc2N=C2C[C@H](c3ccc(N(CC)CC)cc3)CC(=O)[C@@H]2[C@@H]1c1ccccc1. The quantitative estimate of drug-likeness (QED) is 0.377. The van der Waals surface area contributed by atoms with Gasteiger partial charge >= 0.3 is 0 Å². The number of para-hydroxylation sites is 2. The predicted octanol–water partition coefficient (Wildman–Crippen LogP) is 6.87. The molecule has 1 aliphatic carbocycles. The van der Waals surface area contributed by atoms with E-state index in [1.54, 1.807) is 0 Å². The zero-order chi connectivity index (χ0) is 25.9. The molecule has 0 aromatic heterocycles. The van der Waals surface area contributed by atoms with E-state index in [4.69, 9.17) is 4.99 Å². The summed E-state index contributed by atoms with van der Waals surface area (Å²) in [5.74, 6) is -0.236. The Labute approximate surface area is 219 Å². The van der Waals surface area contributed by atoms with Crippen LogP contribution in [-0.2, 0) is 9.59 Å². The van der Waals surface area contributed by atoms with Gasteiger partial charge in [0.15, 0.2) is 0 Å². The maximum Gasteiger partial charge on any atom is 0.227 e. The van der Waals surface area contributed by atoms with E-state index in [0.717, 1.165) is 35.7 Å². The molecule has 1 fully saturated rings. The second-order valence-corrected chi connectivity index (χ2v) is 9.88. The molecule has 0 bridgehead atoms. The van der Waals surface area contributed by atoms with Gasteiger partial charge in [-0.2, -0.15) is 0 Å². The third-order valence-electron chi connectivity index (χ3n) is 7.81. The van der Waals surface area contributed by atoms with Gasteiger partial charge in [0.25, 0.3) is 0 Å². The highest BCUT2D eigenvalue weighted by Crippen LogP contribution is 2.47. The van der Waals surface area contributed by atoms with Crippen LogP contribution in [0.4, 0.5) is 17.1 Å². The molecule has 5 heteroatoms. The van der Waals surface area contributed by atoms with Gasteiger partial charge in [0.2, 0.25) is 5.91 Å². The summed E-state index contributed by atoms with van der Waals surface area (Å²) in [6.07, 6.45) is 1.50. The van der Waals surface area contributed by atoms with Gasteiger partial charge in [0, 0.05) is 37.3 Å². The molecule has 5 rings (SSSR count). The topological polar surface area (TPSA) is 53.0 Å². The fourth-order valence-electron chi connectivity index (χ4n) is 5.93. The monoisotopic (exact) mass is 493 g/mol. The van der Waals surface area contributed by atoms with Gasteiger partial charge in [-0.3, -0.25) is 14.6 Å². The molecule has 1 aliphatic heterocycles. The Balaban J connectivity index is 1.58. The molecule has 37 heavy (non-hydrogen) atoms. The second-order valence-electron chi connectivity index (χ2n) is 9.88. The molecule has 0 N–H and O–H groups in total. The number of hydrogen-bond donors (Lipinski definition) is 0. The number of hydrogen-bond acceptors (Lipinski definition) is 4. The molecule has 1 amide bonds. The van der Waals surface area contributed by atoms with Crippen LogP contribution >= 0.6 is 0 Å². The van der Waals surface area contributed by atoms with Crippen LogP contribution in [0.2, 0.25) is 0 Å². The van der Waals surface area contributed by atoms with E-state index in [1.165, 1.54) is 11.3 Å². The number of amides is 1. The number of fused-ring (bicyclic) bond motifs is 2. The average molecular weight is 494 g/mol. The van der Waals surface area contributed by atoms with Gasteiger partial charge in [0.05, 0.1) is 23.3 Å². The summed E-state index contributed by atoms with van der Waals surface area (Å²) in [4.78, 5) is 36.7. The molecule has 3 atom stereocenters. The lowest BCUT2D eigenvalue weighted by molar-refractivity contribution is -0.123. The number of aliphatic imine (C=N–C) groups is 1. The van der Waals surface area contributed by atoms with Crippen LogP contribution in [0.15, 0.2) is 83.9 Å². The van der Waals surface area contributed by atoms with Gasteiger partial charge in [0.1, 0.15) is 5.78 Å². The zero-order valence-corrected chi connectivity index (χ0v) is 21.9. The van der Waals surface area contributed by atoms with Gasteiger partial charge in [-0.05, 0) is 61.6 Å². The standard InChI is InChI=1S/C32H35N3O2/c1-4-30(37)35-28-15-11-10-14-26(28)33-27-20-24(22-16-18-25(19-17-22)34(5-2)6-3)21-29(36)31(27)32(35)23-12-8-7-9-13-23/h7-19,24,31-32H,4-6,20-21H2,1-3H3/t24-,31+,32-/m0/s1. The maximum atomic E-state index is 14.0. The van der Waals surface area contributed by atoms with E-state index in [9.17, 15) is 9.59 Å². The Morgan fingerprint density at radius 3 is 2.22 bits per heavy atom. The van der Waals surface area contributed by atoms with Crippen molar-refractivity contribution >= 4 is 34.5 Å². The van der Waals surface area contributed by atoms with Gasteiger partial charge in [-0.15, -0.1) is 0 Å². The Bertz CT molecular complexity index is 1300. The van der Waals surface area contributed by atoms with Crippen LogP contribution in [0.1, 0.15) is 63.1 Å². The van der Waals surface area contributed by atoms with Crippen LogP contribution in [0.3, 0.4) is 0 Å². The van der Waals surface area contributed by atoms with Crippen molar-refractivity contribution < 1.29 is 9.59 Å². The normalized spacial score (nSPS) is 20.9. The largest absolute Gasteiger partial charge is 0.372 e. The number of ketones is 1. The van der Waals surface area contributed by atoms with Crippen LogP contribution < -0.4 is 9.80 Å². The number of carbonyl (C=O) groups is 2. The lowest BCUT2D eigenvalue weighted by atomic mass is 9.72. The summed E-state index contributed by atoms with van der Waals surface area (Å²) in [7, 11) is 0. The van der Waals surface area contributed by atoms with Crippen molar-refractivity contribution in [1.82, 2.24) is 0 Å². The minimum atomic E-state index is -0.462. The molecule has 0 spiro atoms. The van der Waals surface area contributed by atoms with Crippen molar-refractivity contribution in [3.63, 3.8) is 0 Å². The summed E-state index contributed by atoms with van der Waals surface area (Å²) >= 11 is 0. The average Bonchev–Trinajstić information content (AvgIpc) is 3.09. The molecule has 1 saturated carbocycles.